The third-order valence-electron chi connectivity index (χ3n) is 7.40. The van der Waals surface area contributed by atoms with Crippen molar-refractivity contribution in [3.63, 3.8) is 0 Å². The fraction of sp³-hybridized carbons (Fsp3) is 0.355. The van der Waals surface area contributed by atoms with Gasteiger partial charge in [-0.3, -0.25) is 9.59 Å². The smallest absolute Gasteiger partial charge is 0.254 e. The van der Waals surface area contributed by atoms with Gasteiger partial charge >= 0.3 is 0 Å². The lowest BCUT2D eigenvalue weighted by Crippen LogP contribution is -2.47. The van der Waals surface area contributed by atoms with Gasteiger partial charge in [0.15, 0.2) is 23.1 Å². The summed E-state index contributed by atoms with van der Waals surface area (Å²) in [6.45, 7) is 1.25. The van der Waals surface area contributed by atoms with Crippen molar-refractivity contribution in [1.29, 1.82) is 0 Å². The van der Waals surface area contributed by atoms with Gasteiger partial charge in [-0.15, -0.1) is 0 Å². The largest absolute Gasteiger partial charge is 0.494 e. The number of carbonyl (C=O) groups excluding carboxylic acids is 2. The first-order valence-corrected chi connectivity index (χ1v) is 13.4. The van der Waals surface area contributed by atoms with Crippen LogP contribution in [0.3, 0.4) is 0 Å². The molecule has 216 valence electrons. The number of nitrogens with zero attached hydrogens (tertiary/aromatic N) is 2. The number of methoxy groups -OCH3 is 3. The fourth-order valence-electron chi connectivity index (χ4n) is 5.30. The average Bonchev–Trinajstić information content (AvgIpc) is 3.01. The van der Waals surface area contributed by atoms with E-state index in [0.717, 1.165) is 16.7 Å². The minimum absolute atomic E-state index is 0.0470. The van der Waals surface area contributed by atoms with Gasteiger partial charge in [-0.2, -0.15) is 0 Å². The predicted molar refractivity (Wildman–Crippen MR) is 148 cm³/mol. The second-order valence-electron chi connectivity index (χ2n) is 9.75. The van der Waals surface area contributed by atoms with Crippen molar-refractivity contribution in [2.24, 2.45) is 0 Å². The minimum Gasteiger partial charge on any atom is -0.494 e. The lowest BCUT2D eigenvalue weighted by atomic mass is 9.87. The highest BCUT2D eigenvalue weighted by molar-refractivity contribution is 5.97. The Morgan fingerprint density at radius 1 is 0.878 bits per heavy atom. The second-order valence-corrected chi connectivity index (χ2v) is 9.75. The minimum atomic E-state index is -0.576. The predicted octanol–water partition coefficient (Wildman–Crippen LogP) is 3.88. The number of rotatable bonds is 4. The summed E-state index contributed by atoms with van der Waals surface area (Å²) in [5.41, 5.74) is 3.08. The summed E-state index contributed by atoms with van der Waals surface area (Å²) in [5.74, 6) is 0.602. The highest BCUT2D eigenvalue weighted by Crippen LogP contribution is 2.41. The molecule has 10 heteroatoms. The van der Waals surface area contributed by atoms with E-state index in [2.05, 4.69) is 0 Å². The fourth-order valence-corrected chi connectivity index (χ4v) is 5.30. The van der Waals surface area contributed by atoms with Crippen molar-refractivity contribution >= 4 is 11.8 Å². The Hall–Kier alpha value is -4.31. The maximum absolute atomic E-state index is 14.1. The summed E-state index contributed by atoms with van der Waals surface area (Å²) >= 11 is 0. The normalized spacial score (nSPS) is 17.5. The quantitative estimate of drug-likeness (QED) is 0.445. The van der Waals surface area contributed by atoms with Gasteiger partial charge in [-0.1, -0.05) is 12.1 Å². The third kappa shape index (κ3) is 5.92. The van der Waals surface area contributed by atoms with E-state index >= 15 is 0 Å². The highest BCUT2D eigenvalue weighted by atomic mass is 19.1. The van der Waals surface area contributed by atoms with Gasteiger partial charge < -0.3 is 33.5 Å². The molecule has 1 unspecified atom stereocenters. The molecular weight excluding hydrogens is 531 g/mol. The zero-order valence-electron chi connectivity index (χ0n) is 23.4. The molecule has 6 rings (SSSR count). The van der Waals surface area contributed by atoms with Crippen LogP contribution < -0.4 is 18.9 Å². The SMILES string of the molecule is COc1cc(C(=O)N2CCOCCOc3ccc(cc3)C3c4cc(OC)c(OC)cc4CCN3C(=O)C2)ccc1F. The van der Waals surface area contributed by atoms with E-state index in [1.54, 1.807) is 19.1 Å². The molecule has 2 amide bonds. The molecule has 0 aliphatic carbocycles. The number of halogens is 1. The lowest BCUT2D eigenvalue weighted by Gasteiger charge is -2.39. The van der Waals surface area contributed by atoms with Gasteiger partial charge in [-0.25, -0.2) is 4.39 Å². The number of benzene rings is 3. The summed E-state index contributed by atoms with van der Waals surface area (Å²) in [4.78, 5) is 30.8. The molecule has 3 aromatic carbocycles. The molecule has 3 aliphatic rings. The Morgan fingerprint density at radius 3 is 2.34 bits per heavy atom. The van der Waals surface area contributed by atoms with Crippen LogP contribution >= 0.6 is 0 Å². The van der Waals surface area contributed by atoms with Crippen LogP contribution in [0.15, 0.2) is 54.6 Å². The molecule has 0 saturated heterocycles. The van der Waals surface area contributed by atoms with E-state index in [0.29, 0.717) is 43.4 Å². The molecule has 3 aliphatic heterocycles. The number of amides is 2. The summed E-state index contributed by atoms with van der Waals surface area (Å²) in [5, 5.41) is 0. The summed E-state index contributed by atoms with van der Waals surface area (Å²) in [6, 6.07) is 15.0. The van der Waals surface area contributed by atoms with E-state index in [4.69, 9.17) is 23.7 Å². The van der Waals surface area contributed by atoms with Gasteiger partial charge in [0, 0.05) is 18.7 Å². The molecule has 2 bridgehead atoms. The average molecular weight is 565 g/mol. The van der Waals surface area contributed by atoms with E-state index < -0.39 is 17.8 Å². The van der Waals surface area contributed by atoms with Crippen LogP contribution in [0.2, 0.25) is 0 Å². The van der Waals surface area contributed by atoms with Crippen LogP contribution in [0.1, 0.15) is 33.1 Å². The zero-order valence-corrected chi connectivity index (χ0v) is 23.4. The van der Waals surface area contributed by atoms with Crippen LogP contribution in [0, 0.1) is 5.82 Å². The number of fused-ring (bicyclic) bond motifs is 11. The second kappa shape index (κ2) is 12.5. The summed E-state index contributed by atoms with van der Waals surface area (Å²) < 4.78 is 41.8. The molecule has 1 atom stereocenters. The molecule has 3 heterocycles. The number of carbonyl (C=O) groups is 2. The topological polar surface area (TPSA) is 86.8 Å². The van der Waals surface area contributed by atoms with E-state index in [1.807, 2.05) is 36.4 Å². The molecule has 0 saturated carbocycles. The molecule has 0 spiro atoms. The standard InChI is InChI=1S/C31H33FN2O7/c1-37-26-17-22(6-9-25(26)32)31(36)33-12-13-40-14-15-41-23-7-4-20(5-8-23)30-24-18-28(39-3)27(38-2)16-21(24)10-11-34(30)29(35)19-33/h4-9,16-18,30H,10-15,19H2,1-3H3. The van der Waals surface area contributed by atoms with Crippen LogP contribution in [0.4, 0.5) is 4.39 Å². The number of hydrogen-bond acceptors (Lipinski definition) is 7. The Bertz CT molecular complexity index is 1410. The van der Waals surface area contributed by atoms with Crippen molar-refractivity contribution in [3.8, 4) is 23.0 Å². The first-order valence-electron chi connectivity index (χ1n) is 13.4. The van der Waals surface area contributed by atoms with Gasteiger partial charge in [-0.05, 0) is 65.6 Å². The Kier molecular flexibility index (Phi) is 8.58. The monoisotopic (exact) mass is 564 g/mol. The van der Waals surface area contributed by atoms with Crippen LogP contribution in [0.5, 0.6) is 23.0 Å². The van der Waals surface area contributed by atoms with Crippen LogP contribution in [-0.2, 0) is 16.0 Å². The van der Waals surface area contributed by atoms with Crippen molar-refractivity contribution in [3.05, 3.63) is 82.7 Å². The molecule has 0 N–H and O–H groups in total. The molecular formula is C31H33FN2O7. The lowest BCUT2D eigenvalue weighted by molar-refractivity contribution is -0.134. The summed E-state index contributed by atoms with van der Waals surface area (Å²) in [7, 11) is 4.51. The first-order chi connectivity index (χ1) is 19.9. The Labute approximate surface area is 238 Å². The van der Waals surface area contributed by atoms with Crippen LogP contribution in [0.25, 0.3) is 0 Å². The van der Waals surface area contributed by atoms with E-state index in [-0.39, 0.29) is 36.9 Å². The van der Waals surface area contributed by atoms with Gasteiger partial charge in [0.2, 0.25) is 5.91 Å². The molecule has 3 aromatic rings. The highest BCUT2D eigenvalue weighted by Gasteiger charge is 2.35. The van der Waals surface area contributed by atoms with Crippen molar-refractivity contribution < 1.29 is 37.7 Å². The van der Waals surface area contributed by atoms with Crippen molar-refractivity contribution in [1.82, 2.24) is 9.80 Å². The number of hydrogen-bond donors (Lipinski definition) is 0. The molecule has 9 nitrogen and oxygen atoms in total. The van der Waals surface area contributed by atoms with Gasteiger partial charge in [0.25, 0.3) is 5.91 Å². The Morgan fingerprint density at radius 2 is 1.61 bits per heavy atom. The van der Waals surface area contributed by atoms with E-state index in [1.165, 1.54) is 30.2 Å². The molecule has 0 radical (unpaired) electrons. The maximum Gasteiger partial charge on any atom is 0.254 e. The number of ether oxygens (including phenoxy) is 5. The first kappa shape index (κ1) is 28.2. The Balaban J connectivity index is 1.53. The van der Waals surface area contributed by atoms with Gasteiger partial charge in [0.1, 0.15) is 18.9 Å². The van der Waals surface area contributed by atoms with Crippen molar-refractivity contribution in [2.75, 3.05) is 60.8 Å². The third-order valence-corrected chi connectivity index (χ3v) is 7.40. The molecule has 41 heavy (non-hydrogen) atoms. The van der Waals surface area contributed by atoms with Gasteiger partial charge in [0.05, 0.1) is 40.6 Å². The molecule has 0 fully saturated rings. The van der Waals surface area contributed by atoms with E-state index in [9.17, 15) is 14.0 Å². The maximum atomic E-state index is 14.1. The summed E-state index contributed by atoms with van der Waals surface area (Å²) in [6.07, 6.45) is 0.603. The molecule has 0 aromatic heterocycles. The van der Waals surface area contributed by atoms with Crippen LogP contribution in [-0.4, -0.2) is 82.4 Å². The zero-order chi connectivity index (χ0) is 28.9. The van der Waals surface area contributed by atoms with Crippen molar-refractivity contribution in [2.45, 2.75) is 12.5 Å².